The Morgan fingerprint density at radius 3 is 2.65 bits per heavy atom. The highest BCUT2D eigenvalue weighted by atomic mass is 31.2. The summed E-state index contributed by atoms with van der Waals surface area (Å²) in [6.07, 6.45) is -3.01. The first kappa shape index (κ1) is 26.6. The number of hydrogen-bond acceptors (Lipinski definition) is 12. The van der Waals surface area contributed by atoms with Gasteiger partial charge in [0, 0.05) is 13.3 Å². The molecule has 1 aromatic carbocycles. The molecule has 0 radical (unpaired) electrons. The Kier molecular flexibility index (Phi) is 7.82. The van der Waals surface area contributed by atoms with E-state index in [1.54, 1.807) is 30.3 Å². The number of aliphatic hydroxyl groups excluding tert-OH is 2. The van der Waals surface area contributed by atoms with Gasteiger partial charge in [-0.3, -0.25) is 18.8 Å². The fraction of sp³-hybridized carbons (Fsp3) is 0.381. The van der Waals surface area contributed by atoms with Crippen LogP contribution in [-0.2, 0) is 34.4 Å². The predicted octanol–water partition coefficient (Wildman–Crippen LogP) is -0.565. The highest BCUT2D eigenvalue weighted by Crippen LogP contribution is 2.45. The summed E-state index contributed by atoms with van der Waals surface area (Å²) < 4.78 is 28.9. The van der Waals surface area contributed by atoms with E-state index < -0.39 is 56.9 Å². The van der Waals surface area contributed by atoms with E-state index in [1.807, 2.05) is 0 Å². The zero-order chi connectivity index (χ0) is 26.7. The van der Waals surface area contributed by atoms with E-state index in [1.165, 1.54) is 24.1 Å². The van der Waals surface area contributed by atoms with E-state index in [2.05, 4.69) is 24.8 Å². The maximum Gasteiger partial charge on any atom is 0.529 e. The number of imidazole rings is 1. The Morgan fingerprint density at radius 1 is 1.22 bits per heavy atom. The zero-order valence-electron chi connectivity index (χ0n) is 19.4. The van der Waals surface area contributed by atoms with Crippen molar-refractivity contribution >= 4 is 36.7 Å². The number of nitrogens with two attached hydrogens (primary N) is 1. The van der Waals surface area contributed by atoms with Gasteiger partial charge in [0.25, 0.3) is 0 Å². The zero-order valence-corrected chi connectivity index (χ0v) is 20.3. The number of ether oxygens (including phenoxy) is 1. The number of aromatic nitrogens is 4. The van der Waals surface area contributed by atoms with Gasteiger partial charge in [0.15, 0.2) is 17.7 Å². The third-order valence-corrected chi connectivity index (χ3v) is 6.44. The van der Waals surface area contributed by atoms with Gasteiger partial charge in [-0.1, -0.05) is 30.3 Å². The van der Waals surface area contributed by atoms with Crippen molar-refractivity contribution in [3.05, 3.63) is 48.5 Å². The summed E-state index contributed by atoms with van der Waals surface area (Å²) in [6.45, 7) is 0.466. The van der Waals surface area contributed by atoms with E-state index in [-0.39, 0.29) is 23.4 Å². The Labute approximate surface area is 209 Å². The van der Waals surface area contributed by atoms with Gasteiger partial charge >= 0.3 is 13.8 Å². The third kappa shape index (κ3) is 6.10. The van der Waals surface area contributed by atoms with Crippen LogP contribution in [0.3, 0.4) is 0 Å². The standard InChI is InChI=1S/C21H25N6O9P/c1-11(28)26-13(7-12-5-3-2-4-6-12)21(31)36-37(32,33)34-8-14-16(29)17(30)20(35-14)27-10-25-15-18(22)23-9-24-19(15)27/h2-6,9-10,13-14,16-17,20,29-30H,7-8H2,1H3,(H,26,28)(H,32,33)(H2,22,23,24)/t13-,14+,16+,17+,20?/m0/s1. The number of phosphoric acid groups is 1. The molecule has 1 amide bonds. The minimum atomic E-state index is -5.00. The quantitative estimate of drug-likeness (QED) is 0.217. The van der Waals surface area contributed by atoms with Crippen LogP contribution in [0.4, 0.5) is 5.82 Å². The Balaban J connectivity index is 1.39. The van der Waals surface area contributed by atoms with Crippen LogP contribution < -0.4 is 11.1 Å². The van der Waals surface area contributed by atoms with Crippen molar-refractivity contribution in [1.82, 2.24) is 24.8 Å². The Morgan fingerprint density at radius 2 is 1.95 bits per heavy atom. The number of fused-ring (bicyclic) bond motifs is 1. The van der Waals surface area contributed by atoms with Gasteiger partial charge in [0.1, 0.15) is 36.2 Å². The van der Waals surface area contributed by atoms with Crippen LogP contribution in [0.5, 0.6) is 0 Å². The van der Waals surface area contributed by atoms with Gasteiger partial charge in [0.05, 0.1) is 12.9 Å². The van der Waals surface area contributed by atoms with Crippen LogP contribution in [0.15, 0.2) is 43.0 Å². The number of benzene rings is 1. The molecule has 4 rings (SSSR count). The van der Waals surface area contributed by atoms with Crippen LogP contribution in [0.1, 0.15) is 18.7 Å². The molecular formula is C21H25N6O9P. The lowest BCUT2D eigenvalue weighted by Gasteiger charge is -2.20. The fourth-order valence-corrected chi connectivity index (χ4v) is 4.56. The highest BCUT2D eigenvalue weighted by molar-refractivity contribution is 7.48. The first-order valence-corrected chi connectivity index (χ1v) is 12.5. The average Bonchev–Trinajstić information content (AvgIpc) is 3.39. The Bertz CT molecular complexity index is 1320. The number of phosphoric ester groups is 1. The average molecular weight is 536 g/mol. The number of nitrogens with one attached hydrogen (secondary N) is 1. The number of amides is 1. The highest BCUT2D eigenvalue weighted by Gasteiger charge is 2.46. The van der Waals surface area contributed by atoms with E-state index >= 15 is 0 Å². The van der Waals surface area contributed by atoms with E-state index in [4.69, 9.17) is 15.0 Å². The van der Waals surface area contributed by atoms with Crippen molar-refractivity contribution in [3.8, 4) is 0 Å². The number of aliphatic hydroxyl groups is 2. The summed E-state index contributed by atoms with van der Waals surface area (Å²) in [5.41, 5.74) is 6.92. The topological polar surface area (TPSA) is 221 Å². The molecule has 198 valence electrons. The largest absolute Gasteiger partial charge is 0.529 e. The molecule has 0 bridgehead atoms. The first-order valence-electron chi connectivity index (χ1n) is 11.0. The summed E-state index contributed by atoms with van der Waals surface area (Å²) in [5, 5.41) is 23.3. The van der Waals surface area contributed by atoms with Crippen molar-refractivity contribution in [3.63, 3.8) is 0 Å². The SMILES string of the molecule is CC(=O)N[C@@H](Cc1ccccc1)C(=O)OP(=O)(O)OC[C@H]1OC(n2cnc3c(N)ncnc32)[C@H](O)[C@@H]1O. The predicted molar refractivity (Wildman–Crippen MR) is 125 cm³/mol. The fourth-order valence-electron chi connectivity index (χ4n) is 3.81. The van der Waals surface area contributed by atoms with Gasteiger partial charge in [-0.15, -0.1) is 0 Å². The molecule has 1 aliphatic heterocycles. The molecule has 1 saturated heterocycles. The summed E-state index contributed by atoms with van der Waals surface area (Å²) >= 11 is 0. The van der Waals surface area contributed by atoms with Gasteiger partial charge in [-0.2, -0.15) is 0 Å². The second-order valence-corrected chi connectivity index (χ2v) is 9.62. The normalized spacial score (nSPS) is 23.9. The van der Waals surface area contributed by atoms with Crippen molar-refractivity contribution in [1.29, 1.82) is 0 Å². The monoisotopic (exact) mass is 536 g/mol. The molecular weight excluding hydrogens is 511 g/mol. The maximum absolute atomic E-state index is 12.6. The van der Waals surface area contributed by atoms with Gasteiger partial charge in [0.2, 0.25) is 5.91 Å². The summed E-state index contributed by atoms with van der Waals surface area (Å²) in [7, 11) is -5.00. The molecule has 37 heavy (non-hydrogen) atoms. The van der Waals surface area contributed by atoms with Crippen LogP contribution in [-0.4, -0.2) is 77.5 Å². The van der Waals surface area contributed by atoms with Crippen molar-refractivity contribution in [2.75, 3.05) is 12.3 Å². The summed E-state index contributed by atoms with van der Waals surface area (Å²) in [4.78, 5) is 46.1. The van der Waals surface area contributed by atoms with E-state index in [9.17, 15) is 29.3 Å². The molecule has 1 aliphatic rings. The minimum Gasteiger partial charge on any atom is -0.387 e. The van der Waals surface area contributed by atoms with Crippen LogP contribution in [0, 0.1) is 0 Å². The molecule has 3 heterocycles. The molecule has 15 nitrogen and oxygen atoms in total. The van der Waals surface area contributed by atoms with E-state index in [0.29, 0.717) is 5.56 Å². The van der Waals surface area contributed by atoms with Gasteiger partial charge in [-0.25, -0.2) is 24.3 Å². The molecule has 16 heteroatoms. The number of anilines is 1. The molecule has 0 aliphatic carbocycles. The lowest BCUT2D eigenvalue weighted by atomic mass is 10.1. The summed E-state index contributed by atoms with van der Waals surface area (Å²) in [6, 6.07) is 7.39. The molecule has 0 spiro atoms. The number of nitrogen functional groups attached to an aromatic ring is 1. The number of nitrogens with zero attached hydrogens (tertiary/aromatic N) is 4. The third-order valence-electron chi connectivity index (χ3n) is 5.55. The molecule has 1 fully saturated rings. The molecule has 2 unspecified atom stereocenters. The molecule has 6 atom stereocenters. The van der Waals surface area contributed by atoms with Crippen LogP contribution in [0.2, 0.25) is 0 Å². The van der Waals surface area contributed by atoms with Crippen molar-refractivity contribution in [2.45, 2.75) is 43.9 Å². The first-order chi connectivity index (χ1) is 17.6. The number of carbonyl (C=O) groups is 2. The molecule has 6 N–H and O–H groups in total. The van der Waals surface area contributed by atoms with Crippen molar-refractivity contribution < 1.29 is 43.0 Å². The lowest BCUT2D eigenvalue weighted by Crippen LogP contribution is -2.42. The molecule has 2 aromatic heterocycles. The van der Waals surface area contributed by atoms with Crippen molar-refractivity contribution in [2.24, 2.45) is 0 Å². The number of carbonyl (C=O) groups excluding carboxylic acids is 2. The molecule has 3 aromatic rings. The number of rotatable bonds is 9. The Hall–Kier alpha value is -3.46. The van der Waals surface area contributed by atoms with E-state index in [0.717, 1.165) is 0 Å². The second kappa shape index (κ2) is 10.9. The molecule has 0 saturated carbocycles. The smallest absolute Gasteiger partial charge is 0.387 e. The lowest BCUT2D eigenvalue weighted by molar-refractivity contribution is -0.141. The van der Waals surface area contributed by atoms with Crippen LogP contribution >= 0.6 is 7.82 Å². The maximum atomic E-state index is 12.6. The minimum absolute atomic E-state index is 0.00447. The second-order valence-electron chi connectivity index (χ2n) is 8.25. The van der Waals surface area contributed by atoms with Gasteiger partial charge < -0.3 is 30.5 Å². The number of hydrogen-bond donors (Lipinski definition) is 5. The van der Waals surface area contributed by atoms with Crippen LogP contribution in [0.25, 0.3) is 11.2 Å². The van der Waals surface area contributed by atoms with Gasteiger partial charge in [-0.05, 0) is 5.56 Å². The summed E-state index contributed by atoms with van der Waals surface area (Å²) in [5.74, 6) is -1.64.